The molecular weight excluding hydrogens is 220 g/mol. The Morgan fingerprint density at radius 1 is 1.50 bits per heavy atom. The normalized spacial score (nSPS) is 12.2. The molecule has 1 aromatic carbocycles. The maximum Gasteiger partial charge on any atom is 0.305 e. The van der Waals surface area contributed by atoms with Crippen LogP contribution < -0.4 is 10.5 Å². The zero-order valence-electron chi connectivity index (χ0n) is 8.54. The zero-order chi connectivity index (χ0) is 12.3. The smallest absolute Gasteiger partial charge is 0.305 e. The van der Waals surface area contributed by atoms with E-state index < -0.39 is 23.6 Å². The summed E-state index contributed by atoms with van der Waals surface area (Å²) >= 11 is 0. The van der Waals surface area contributed by atoms with Gasteiger partial charge in [0, 0.05) is 17.7 Å². The second-order valence-corrected chi connectivity index (χ2v) is 3.21. The predicted octanol–water partition coefficient (Wildman–Crippen LogP) is 1.45. The van der Waals surface area contributed by atoms with Gasteiger partial charge >= 0.3 is 5.97 Å². The molecule has 0 aliphatic heterocycles. The number of halogens is 2. The summed E-state index contributed by atoms with van der Waals surface area (Å²) in [7, 11) is 1.27. The van der Waals surface area contributed by atoms with E-state index in [0.29, 0.717) is 0 Å². The quantitative estimate of drug-likeness (QED) is 0.822. The Hall–Kier alpha value is -1.69. The predicted molar refractivity (Wildman–Crippen MR) is 52.1 cm³/mol. The molecule has 0 aliphatic rings. The van der Waals surface area contributed by atoms with E-state index in [1.54, 1.807) is 0 Å². The minimum absolute atomic E-state index is 0.0349. The van der Waals surface area contributed by atoms with E-state index >= 15 is 0 Å². The Kier molecular flexibility index (Phi) is 3.78. The molecule has 0 heterocycles. The van der Waals surface area contributed by atoms with Gasteiger partial charge in [-0.2, -0.15) is 0 Å². The van der Waals surface area contributed by atoms with Crippen molar-refractivity contribution in [2.45, 2.75) is 12.5 Å². The number of methoxy groups -OCH3 is 1. The number of aliphatic carboxylic acids is 1. The first-order valence-corrected chi connectivity index (χ1v) is 4.46. The van der Waals surface area contributed by atoms with E-state index in [4.69, 9.17) is 15.6 Å². The van der Waals surface area contributed by atoms with Gasteiger partial charge in [-0.1, -0.05) is 0 Å². The van der Waals surface area contributed by atoms with Crippen LogP contribution in [0.3, 0.4) is 0 Å². The molecule has 0 aliphatic carbocycles. The lowest BCUT2D eigenvalue weighted by Gasteiger charge is -2.14. The first-order chi connectivity index (χ1) is 7.45. The molecule has 88 valence electrons. The molecule has 0 aromatic heterocycles. The van der Waals surface area contributed by atoms with E-state index in [9.17, 15) is 13.6 Å². The van der Waals surface area contributed by atoms with Crippen molar-refractivity contribution in [1.29, 1.82) is 0 Å². The summed E-state index contributed by atoms with van der Waals surface area (Å²) in [6, 6.07) is 0.747. The largest absolute Gasteiger partial charge is 0.496 e. The number of hydrogen-bond donors (Lipinski definition) is 2. The van der Waals surface area contributed by atoms with E-state index in [1.807, 2.05) is 0 Å². The third kappa shape index (κ3) is 2.66. The second-order valence-electron chi connectivity index (χ2n) is 3.21. The highest BCUT2D eigenvalue weighted by molar-refractivity contribution is 5.68. The van der Waals surface area contributed by atoms with Gasteiger partial charge in [0.2, 0.25) is 0 Å². The van der Waals surface area contributed by atoms with Gasteiger partial charge in [-0.15, -0.1) is 0 Å². The van der Waals surface area contributed by atoms with Crippen molar-refractivity contribution in [3.63, 3.8) is 0 Å². The molecule has 0 amide bonds. The van der Waals surface area contributed by atoms with Gasteiger partial charge in [-0.3, -0.25) is 4.79 Å². The Morgan fingerprint density at radius 2 is 2.06 bits per heavy atom. The lowest BCUT2D eigenvalue weighted by atomic mass is 10.0. The van der Waals surface area contributed by atoms with Gasteiger partial charge in [-0.05, 0) is 6.07 Å². The third-order valence-electron chi connectivity index (χ3n) is 2.07. The molecule has 0 bridgehead atoms. The number of ether oxygens (including phenoxy) is 1. The first-order valence-electron chi connectivity index (χ1n) is 4.46. The van der Waals surface area contributed by atoms with Gasteiger partial charge in [0.15, 0.2) is 11.6 Å². The molecule has 0 saturated carbocycles. The standard InChI is InChI=1S/C10H11F2NO3/c1-16-9-3-7(12)6(11)2-5(9)8(13)4-10(14)15/h2-3,8H,4,13H2,1H3,(H,14,15)/t8-/m0/s1. The number of carbonyl (C=O) groups is 1. The van der Waals surface area contributed by atoms with E-state index in [2.05, 4.69) is 0 Å². The molecule has 0 unspecified atom stereocenters. The van der Waals surface area contributed by atoms with Crippen molar-refractivity contribution in [3.8, 4) is 5.75 Å². The fourth-order valence-corrected chi connectivity index (χ4v) is 1.31. The van der Waals surface area contributed by atoms with Crippen molar-refractivity contribution >= 4 is 5.97 Å². The van der Waals surface area contributed by atoms with Crippen LogP contribution >= 0.6 is 0 Å². The van der Waals surface area contributed by atoms with Crippen LogP contribution in [-0.2, 0) is 4.79 Å². The maximum atomic E-state index is 13.0. The summed E-state index contributed by atoms with van der Waals surface area (Å²) in [5.41, 5.74) is 5.67. The molecule has 1 aromatic rings. The fraction of sp³-hybridized carbons (Fsp3) is 0.300. The lowest BCUT2D eigenvalue weighted by Crippen LogP contribution is -2.16. The van der Waals surface area contributed by atoms with Crippen LogP contribution in [-0.4, -0.2) is 18.2 Å². The lowest BCUT2D eigenvalue weighted by molar-refractivity contribution is -0.137. The van der Waals surface area contributed by atoms with E-state index in [0.717, 1.165) is 12.1 Å². The van der Waals surface area contributed by atoms with E-state index in [-0.39, 0.29) is 17.7 Å². The summed E-state index contributed by atoms with van der Waals surface area (Å²) in [4.78, 5) is 10.4. The van der Waals surface area contributed by atoms with Gasteiger partial charge in [0.05, 0.1) is 13.5 Å². The van der Waals surface area contributed by atoms with Crippen LogP contribution in [0.1, 0.15) is 18.0 Å². The molecule has 0 radical (unpaired) electrons. The van der Waals surface area contributed by atoms with Crippen LogP contribution in [0.25, 0.3) is 0 Å². The molecule has 1 rings (SSSR count). The molecule has 6 heteroatoms. The molecular formula is C10H11F2NO3. The van der Waals surface area contributed by atoms with Crippen LogP contribution in [0.15, 0.2) is 12.1 Å². The Labute approximate surface area is 90.6 Å². The molecule has 0 fully saturated rings. The molecule has 1 atom stereocenters. The second kappa shape index (κ2) is 4.89. The van der Waals surface area contributed by atoms with Crippen molar-refractivity contribution in [3.05, 3.63) is 29.3 Å². The van der Waals surface area contributed by atoms with Crippen LogP contribution in [0.2, 0.25) is 0 Å². The molecule has 4 nitrogen and oxygen atoms in total. The molecule has 0 spiro atoms. The van der Waals surface area contributed by atoms with Crippen molar-refractivity contribution < 1.29 is 23.4 Å². The Bertz CT molecular complexity index is 409. The highest BCUT2D eigenvalue weighted by atomic mass is 19.2. The van der Waals surface area contributed by atoms with Gasteiger partial charge in [0.25, 0.3) is 0 Å². The van der Waals surface area contributed by atoms with Crippen LogP contribution in [0.5, 0.6) is 5.75 Å². The summed E-state index contributed by atoms with van der Waals surface area (Å²) in [5, 5.41) is 8.54. The van der Waals surface area contributed by atoms with Crippen LogP contribution in [0, 0.1) is 11.6 Å². The minimum atomic E-state index is -1.13. The molecule has 3 N–H and O–H groups in total. The first kappa shape index (κ1) is 12.4. The van der Waals surface area contributed by atoms with Crippen molar-refractivity contribution in [1.82, 2.24) is 0 Å². The average Bonchev–Trinajstić information content (AvgIpc) is 2.20. The summed E-state index contributed by atoms with van der Waals surface area (Å²) in [5.74, 6) is -3.24. The third-order valence-corrected chi connectivity index (χ3v) is 2.07. The Balaban J connectivity index is 3.10. The van der Waals surface area contributed by atoms with Crippen molar-refractivity contribution in [2.24, 2.45) is 5.73 Å². The minimum Gasteiger partial charge on any atom is -0.496 e. The maximum absolute atomic E-state index is 13.0. The SMILES string of the molecule is COc1cc(F)c(F)cc1[C@@H](N)CC(=O)O. The number of nitrogens with two attached hydrogens (primary N) is 1. The summed E-state index contributed by atoms with van der Waals surface area (Å²) < 4.78 is 30.6. The molecule has 0 saturated heterocycles. The number of benzene rings is 1. The fourth-order valence-electron chi connectivity index (χ4n) is 1.31. The van der Waals surface area contributed by atoms with Gasteiger partial charge in [-0.25, -0.2) is 8.78 Å². The monoisotopic (exact) mass is 231 g/mol. The van der Waals surface area contributed by atoms with Crippen LogP contribution in [0.4, 0.5) is 8.78 Å². The molecule has 16 heavy (non-hydrogen) atoms. The highest BCUT2D eigenvalue weighted by Gasteiger charge is 2.18. The average molecular weight is 231 g/mol. The van der Waals surface area contributed by atoms with Gasteiger partial charge < -0.3 is 15.6 Å². The number of carboxylic acids is 1. The topological polar surface area (TPSA) is 72.5 Å². The van der Waals surface area contributed by atoms with Gasteiger partial charge in [0.1, 0.15) is 5.75 Å². The highest BCUT2D eigenvalue weighted by Crippen LogP contribution is 2.28. The Morgan fingerprint density at radius 3 is 2.56 bits per heavy atom. The summed E-state index contributed by atoms with van der Waals surface area (Å²) in [6.45, 7) is 0. The van der Waals surface area contributed by atoms with E-state index in [1.165, 1.54) is 7.11 Å². The zero-order valence-corrected chi connectivity index (χ0v) is 8.54. The van der Waals surface area contributed by atoms with Crippen molar-refractivity contribution in [2.75, 3.05) is 7.11 Å². The summed E-state index contributed by atoms with van der Waals surface area (Å²) in [6.07, 6.45) is -0.387. The number of carboxylic acid groups (broad SMARTS) is 1. The number of rotatable bonds is 4. The number of hydrogen-bond acceptors (Lipinski definition) is 3.